The summed E-state index contributed by atoms with van der Waals surface area (Å²) in [5, 5.41) is 7.65. The largest absolute Gasteiger partial charge is 0.352 e. The lowest BCUT2D eigenvalue weighted by Gasteiger charge is -2.11. The van der Waals surface area contributed by atoms with Crippen molar-refractivity contribution >= 4 is 17.3 Å². The van der Waals surface area contributed by atoms with E-state index in [1.807, 2.05) is 6.20 Å². The molecule has 0 aliphatic rings. The van der Waals surface area contributed by atoms with Gasteiger partial charge in [0.15, 0.2) is 5.96 Å². The van der Waals surface area contributed by atoms with Crippen molar-refractivity contribution in [1.82, 2.24) is 15.6 Å². The molecule has 2 rings (SSSR count). The zero-order chi connectivity index (χ0) is 14.4. The second kappa shape index (κ2) is 7.05. The lowest BCUT2D eigenvalue weighted by molar-refractivity contribution is 0.804. The van der Waals surface area contributed by atoms with Crippen LogP contribution in [0.15, 0.2) is 35.5 Å². The fraction of sp³-hybridized carbons (Fsp3) is 0.333. The van der Waals surface area contributed by atoms with Gasteiger partial charge in [0, 0.05) is 24.7 Å². The van der Waals surface area contributed by atoms with Crippen molar-refractivity contribution in [3.63, 3.8) is 0 Å². The summed E-state index contributed by atoms with van der Waals surface area (Å²) in [4.78, 5) is 9.77. The van der Waals surface area contributed by atoms with Gasteiger partial charge in [0.1, 0.15) is 5.01 Å². The van der Waals surface area contributed by atoms with E-state index < -0.39 is 0 Å². The number of benzene rings is 1. The summed E-state index contributed by atoms with van der Waals surface area (Å²) in [7, 11) is 1.78. The molecule has 20 heavy (non-hydrogen) atoms. The van der Waals surface area contributed by atoms with Crippen LogP contribution in [0.25, 0.3) is 0 Å². The average Bonchev–Trinajstić information content (AvgIpc) is 2.85. The van der Waals surface area contributed by atoms with Crippen LogP contribution in [-0.2, 0) is 13.1 Å². The smallest absolute Gasteiger partial charge is 0.191 e. The van der Waals surface area contributed by atoms with E-state index in [1.54, 1.807) is 18.4 Å². The predicted octanol–water partition coefficient (Wildman–Crippen LogP) is 2.63. The first-order valence-corrected chi connectivity index (χ1v) is 7.40. The molecule has 0 bridgehead atoms. The van der Waals surface area contributed by atoms with Crippen molar-refractivity contribution in [3.05, 3.63) is 51.5 Å². The van der Waals surface area contributed by atoms with E-state index in [0.717, 1.165) is 17.5 Å². The molecule has 0 spiro atoms. The normalized spacial score (nSPS) is 11.4. The summed E-state index contributed by atoms with van der Waals surface area (Å²) in [6.07, 6.45) is 1.89. The van der Waals surface area contributed by atoms with Crippen LogP contribution in [0.5, 0.6) is 0 Å². The van der Waals surface area contributed by atoms with Crippen molar-refractivity contribution < 1.29 is 0 Å². The van der Waals surface area contributed by atoms with Crippen LogP contribution >= 0.6 is 11.3 Å². The number of hydrogen-bond acceptors (Lipinski definition) is 3. The molecule has 1 aromatic heterocycles. The molecule has 0 saturated carbocycles. The number of aromatic nitrogens is 1. The molecule has 5 heteroatoms. The Morgan fingerprint density at radius 3 is 2.70 bits per heavy atom. The first-order valence-electron chi connectivity index (χ1n) is 6.59. The summed E-state index contributed by atoms with van der Waals surface area (Å²) in [5.41, 5.74) is 2.52. The third-order valence-electron chi connectivity index (χ3n) is 2.84. The highest BCUT2D eigenvalue weighted by Crippen LogP contribution is 2.10. The van der Waals surface area contributed by atoms with Crippen LogP contribution in [0.1, 0.15) is 21.0 Å². The molecule has 0 aliphatic heterocycles. The zero-order valence-corrected chi connectivity index (χ0v) is 12.9. The second-order valence-electron chi connectivity index (χ2n) is 4.63. The Kier molecular flexibility index (Phi) is 5.12. The minimum Gasteiger partial charge on any atom is -0.352 e. The average molecular weight is 288 g/mol. The Bertz CT molecular complexity index is 589. The summed E-state index contributed by atoms with van der Waals surface area (Å²) >= 11 is 1.70. The zero-order valence-electron chi connectivity index (χ0n) is 12.1. The number of aliphatic imine (C=N–C) groups is 1. The molecule has 0 atom stereocenters. The SMILES string of the molecule is CN=C(NCc1cccc(C)c1)NCc1ncc(C)s1. The molecule has 0 saturated heterocycles. The highest BCUT2D eigenvalue weighted by atomic mass is 32.1. The van der Waals surface area contributed by atoms with Crippen LogP contribution in [0.3, 0.4) is 0 Å². The van der Waals surface area contributed by atoms with Gasteiger partial charge in [-0.05, 0) is 19.4 Å². The van der Waals surface area contributed by atoms with Gasteiger partial charge in [-0.25, -0.2) is 4.98 Å². The van der Waals surface area contributed by atoms with Crippen molar-refractivity contribution in [2.45, 2.75) is 26.9 Å². The monoisotopic (exact) mass is 288 g/mol. The lowest BCUT2D eigenvalue weighted by Crippen LogP contribution is -2.36. The van der Waals surface area contributed by atoms with Gasteiger partial charge in [-0.2, -0.15) is 0 Å². The predicted molar refractivity (Wildman–Crippen MR) is 85.1 cm³/mol. The lowest BCUT2D eigenvalue weighted by atomic mass is 10.1. The fourth-order valence-electron chi connectivity index (χ4n) is 1.87. The molecule has 0 fully saturated rings. The van der Waals surface area contributed by atoms with Crippen LogP contribution < -0.4 is 10.6 Å². The first-order chi connectivity index (χ1) is 9.67. The Morgan fingerprint density at radius 2 is 2.05 bits per heavy atom. The third-order valence-corrected chi connectivity index (χ3v) is 3.76. The van der Waals surface area contributed by atoms with Gasteiger partial charge < -0.3 is 10.6 Å². The minimum absolute atomic E-state index is 0.700. The summed E-state index contributed by atoms with van der Waals surface area (Å²) in [6.45, 7) is 5.62. The molecule has 1 aromatic carbocycles. The van der Waals surface area contributed by atoms with Gasteiger partial charge in [-0.1, -0.05) is 29.8 Å². The van der Waals surface area contributed by atoms with Gasteiger partial charge in [0.05, 0.1) is 6.54 Å². The number of thiazole rings is 1. The van der Waals surface area contributed by atoms with Crippen molar-refractivity contribution in [3.8, 4) is 0 Å². The summed E-state index contributed by atoms with van der Waals surface area (Å²) in [6, 6.07) is 8.45. The van der Waals surface area contributed by atoms with Gasteiger partial charge in [0.2, 0.25) is 0 Å². The van der Waals surface area contributed by atoms with Crippen LogP contribution in [0.4, 0.5) is 0 Å². The van der Waals surface area contributed by atoms with E-state index in [1.165, 1.54) is 16.0 Å². The highest BCUT2D eigenvalue weighted by molar-refractivity contribution is 7.11. The van der Waals surface area contributed by atoms with E-state index >= 15 is 0 Å². The number of rotatable bonds is 4. The maximum Gasteiger partial charge on any atom is 0.191 e. The third kappa shape index (κ3) is 4.35. The van der Waals surface area contributed by atoms with E-state index in [9.17, 15) is 0 Å². The van der Waals surface area contributed by atoms with Crippen molar-refractivity contribution in [2.75, 3.05) is 7.05 Å². The van der Waals surface area contributed by atoms with Gasteiger partial charge in [-0.3, -0.25) is 4.99 Å². The molecule has 0 amide bonds. The molecule has 0 unspecified atom stereocenters. The molecular weight excluding hydrogens is 268 g/mol. The Hall–Kier alpha value is -1.88. The van der Waals surface area contributed by atoms with E-state index in [0.29, 0.717) is 6.54 Å². The molecule has 2 aromatic rings. The van der Waals surface area contributed by atoms with Crippen LogP contribution in [0.2, 0.25) is 0 Å². The van der Waals surface area contributed by atoms with Crippen molar-refractivity contribution in [2.24, 2.45) is 4.99 Å². The van der Waals surface area contributed by atoms with Gasteiger partial charge >= 0.3 is 0 Å². The van der Waals surface area contributed by atoms with E-state index in [-0.39, 0.29) is 0 Å². The van der Waals surface area contributed by atoms with Crippen LogP contribution in [-0.4, -0.2) is 18.0 Å². The minimum atomic E-state index is 0.700. The first kappa shape index (κ1) is 14.5. The Labute approximate surface area is 124 Å². The maximum atomic E-state index is 4.33. The highest BCUT2D eigenvalue weighted by Gasteiger charge is 2.01. The van der Waals surface area contributed by atoms with Crippen molar-refractivity contribution in [1.29, 1.82) is 0 Å². The van der Waals surface area contributed by atoms with Gasteiger partial charge in [0.25, 0.3) is 0 Å². The Balaban J connectivity index is 1.84. The molecule has 0 aliphatic carbocycles. The number of nitrogens with one attached hydrogen (secondary N) is 2. The molecule has 0 radical (unpaired) electrons. The second-order valence-corrected chi connectivity index (χ2v) is 5.95. The summed E-state index contributed by atoms with van der Waals surface area (Å²) < 4.78 is 0. The number of aryl methyl sites for hydroxylation is 2. The van der Waals surface area contributed by atoms with Crippen LogP contribution in [0, 0.1) is 13.8 Å². The number of nitrogens with zero attached hydrogens (tertiary/aromatic N) is 2. The maximum absolute atomic E-state index is 4.33. The standard InChI is InChI=1S/C15H20N4S/c1-11-5-4-6-13(7-11)9-18-15(16-3)19-10-14-17-8-12(2)20-14/h4-8H,9-10H2,1-3H3,(H2,16,18,19). The van der Waals surface area contributed by atoms with Gasteiger partial charge in [-0.15, -0.1) is 11.3 Å². The molecule has 2 N–H and O–H groups in total. The molecule has 4 nitrogen and oxygen atoms in total. The summed E-state index contributed by atoms with van der Waals surface area (Å²) in [5.74, 6) is 0.791. The number of guanidine groups is 1. The van der Waals surface area contributed by atoms with E-state index in [4.69, 9.17) is 0 Å². The quantitative estimate of drug-likeness (QED) is 0.671. The Morgan fingerprint density at radius 1 is 1.25 bits per heavy atom. The molecule has 1 heterocycles. The number of hydrogen-bond donors (Lipinski definition) is 2. The fourth-order valence-corrected chi connectivity index (χ4v) is 2.60. The molecular formula is C15H20N4S. The molecule has 106 valence electrons. The van der Waals surface area contributed by atoms with E-state index in [2.05, 4.69) is 58.7 Å². The topological polar surface area (TPSA) is 49.3 Å².